The Morgan fingerprint density at radius 3 is 2.76 bits per heavy atom. The van der Waals surface area contributed by atoms with Gasteiger partial charge in [0.05, 0.1) is 7.11 Å². The Kier molecular flexibility index (Phi) is 2.65. The first-order chi connectivity index (χ1) is 8.15. The highest BCUT2D eigenvalue weighted by atomic mass is 16.5. The highest BCUT2D eigenvalue weighted by molar-refractivity contribution is 5.90. The van der Waals surface area contributed by atoms with Crippen LogP contribution in [0.15, 0.2) is 24.3 Å². The first kappa shape index (κ1) is 10.9. The predicted molar refractivity (Wildman–Crippen MR) is 59.3 cm³/mol. The third-order valence-electron chi connectivity index (χ3n) is 2.22. The number of carboxylic acids is 1. The summed E-state index contributed by atoms with van der Waals surface area (Å²) in [6.45, 7) is 0. The minimum Gasteiger partial charge on any atom is -0.494 e. The van der Waals surface area contributed by atoms with Crippen LogP contribution in [0.1, 0.15) is 10.5 Å². The summed E-state index contributed by atoms with van der Waals surface area (Å²) in [5.74, 6) is -0.730. The smallest absolute Gasteiger partial charge is 0.360 e. The second-order valence-electron chi connectivity index (χ2n) is 3.21. The number of anilines is 1. The molecule has 0 unspecified atom stereocenters. The lowest BCUT2D eigenvalue weighted by molar-refractivity contribution is 0.0691. The summed E-state index contributed by atoms with van der Waals surface area (Å²) in [5, 5.41) is 16.0. The first-order valence-corrected chi connectivity index (χ1v) is 4.73. The molecule has 3 N–H and O–H groups in total. The second-order valence-corrected chi connectivity index (χ2v) is 3.21. The molecule has 0 radical (unpaired) electrons. The number of aromatic nitrogens is 3. The number of nitrogens with two attached hydrogens (primary N) is 1. The summed E-state index contributed by atoms with van der Waals surface area (Å²) >= 11 is 0. The molecule has 1 aromatic carbocycles. The highest BCUT2D eigenvalue weighted by Crippen LogP contribution is 2.24. The monoisotopic (exact) mass is 234 g/mol. The Hall–Kier alpha value is -2.57. The molecule has 0 amide bonds. The standard InChI is InChI=1S/C10H10N4O3/c1-17-7-5-3-2-4-6(7)14-9(11)8(10(15)16)12-13-14/h2-5H,11H2,1H3,(H,15,16). The number of carbonyl (C=O) groups is 1. The maximum atomic E-state index is 10.8. The van der Waals surface area contributed by atoms with Crippen molar-refractivity contribution in [3.05, 3.63) is 30.0 Å². The van der Waals surface area contributed by atoms with Gasteiger partial charge in [0.25, 0.3) is 0 Å². The molecule has 1 aromatic heterocycles. The third kappa shape index (κ3) is 1.78. The van der Waals surface area contributed by atoms with Gasteiger partial charge in [-0.1, -0.05) is 17.3 Å². The Bertz CT molecular complexity index is 564. The Balaban J connectivity index is 2.57. The normalized spacial score (nSPS) is 10.2. The molecule has 88 valence electrons. The summed E-state index contributed by atoms with van der Waals surface area (Å²) in [4.78, 5) is 10.8. The van der Waals surface area contributed by atoms with E-state index >= 15 is 0 Å². The summed E-state index contributed by atoms with van der Waals surface area (Å²) in [6, 6.07) is 6.97. The van der Waals surface area contributed by atoms with Crippen LogP contribution in [0.5, 0.6) is 5.75 Å². The topological polar surface area (TPSA) is 103 Å². The molecule has 0 saturated carbocycles. The minimum atomic E-state index is -1.22. The zero-order chi connectivity index (χ0) is 12.4. The Labute approximate surface area is 96.4 Å². The van der Waals surface area contributed by atoms with Gasteiger partial charge >= 0.3 is 5.97 Å². The fourth-order valence-corrected chi connectivity index (χ4v) is 1.42. The fraction of sp³-hybridized carbons (Fsp3) is 0.100. The van der Waals surface area contributed by atoms with Gasteiger partial charge in [0.15, 0.2) is 5.82 Å². The number of nitrogen functional groups attached to an aromatic ring is 1. The van der Waals surface area contributed by atoms with Crippen LogP contribution in [-0.4, -0.2) is 33.2 Å². The third-order valence-corrected chi connectivity index (χ3v) is 2.22. The van der Waals surface area contributed by atoms with Crippen molar-refractivity contribution < 1.29 is 14.6 Å². The molecule has 0 atom stereocenters. The maximum absolute atomic E-state index is 10.8. The molecule has 7 nitrogen and oxygen atoms in total. The quantitative estimate of drug-likeness (QED) is 0.804. The van der Waals surface area contributed by atoms with Gasteiger partial charge in [-0.25, -0.2) is 4.79 Å². The predicted octanol–water partition coefficient (Wildman–Crippen LogP) is 0.556. The van der Waals surface area contributed by atoms with Crippen LogP contribution in [0.3, 0.4) is 0 Å². The summed E-state index contributed by atoms with van der Waals surface area (Å²) in [5.41, 5.74) is 5.91. The van der Waals surface area contributed by atoms with E-state index < -0.39 is 5.97 Å². The number of benzene rings is 1. The minimum absolute atomic E-state index is 0.0398. The van der Waals surface area contributed by atoms with E-state index in [9.17, 15) is 4.79 Å². The molecule has 0 spiro atoms. The number of para-hydroxylation sites is 2. The van der Waals surface area contributed by atoms with E-state index in [1.54, 1.807) is 24.3 Å². The zero-order valence-corrected chi connectivity index (χ0v) is 8.99. The van der Waals surface area contributed by atoms with E-state index in [-0.39, 0.29) is 11.5 Å². The van der Waals surface area contributed by atoms with Gasteiger partial charge in [0, 0.05) is 0 Å². The lowest BCUT2D eigenvalue weighted by atomic mass is 10.3. The van der Waals surface area contributed by atoms with Crippen molar-refractivity contribution in [2.24, 2.45) is 0 Å². The number of ether oxygens (including phenoxy) is 1. The molecule has 1 heterocycles. The van der Waals surface area contributed by atoms with Crippen LogP contribution in [0, 0.1) is 0 Å². The van der Waals surface area contributed by atoms with Crippen molar-refractivity contribution in [3.63, 3.8) is 0 Å². The van der Waals surface area contributed by atoms with E-state index in [0.717, 1.165) is 0 Å². The van der Waals surface area contributed by atoms with Gasteiger partial charge in [-0.05, 0) is 12.1 Å². The van der Waals surface area contributed by atoms with E-state index in [0.29, 0.717) is 11.4 Å². The highest BCUT2D eigenvalue weighted by Gasteiger charge is 2.18. The molecule has 0 aliphatic heterocycles. The number of hydrogen-bond donors (Lipinski definition) is 2. The Morgan fingerprint density at radius 1 is 1.47 bits per heavy atom. The molecule has 2 rings (SSSR count). The van der Waals surface area contributed by atoms with Crippen molar-refractivity contribution in [3.8, 4) is 11.4 Å². The molecule has 0 fully saturated rings. The fourth-order valence-electron chi connectivity index (χ4n) is 1.42. The lowest BCUT2D eigenvalue weighted by Gasteiger charge is -2.08. The molecule has 17 heavy (non-hydrogen) atoms. The van der Waals surface area contributed by atoms with Crippen molar-refractivity contribution in [1.82, 2.24) is 15.0 Å². The average molecular weight is 234 g/mol. The van der Waals surface area contributed by atoms with Gasteiger partial charge in [0.1, 0.15) is 11.4 Å². The van der Waals surface area contributed by atoms with Crippen molar-refractivity contribution in [1.29, 1.82) is 0 Å². The molecule has 2 aromatic rings. The van der Waals surface area contributed by atoms with Gasteiger partial charge in [-0.15, -0.1) is 5.10 Å². The van der Waals surface area contributed by atoms with Crippen LogP contribution < -0.4 is 10.5 Å². The van der Waals surface area contributed by atoms with Gasteiger partial charge in [-0.2, -0.15) is 4.68 Å². The van der Waals surface area contributed by atoms with Gasteiger partial charge in [0.2, 0.25) is 5.69 Å². The van der Waals surface area contributed by atoms with E-state index in [2.05, 4.69) is 10.3 Å². The SMILES string of the molecule is COc1ccccc1-n1nnc(C(=O)O)c1N. The van der Waals surface area contributed by atoms with Crippen LogP contribution in [-0.2, 0) is 0 Å². The Morgan fingerprint density at radius 2 is 2.18 bits per heavy atom. The molecule has 0 saturated heterocycles. The molecule has 0 aliphatic rings. The van der Waals surface area contributed by atoms with Crippen LogP contribution in [0.4, 0.5) is 5.82 Å². The van der Waals surface area contributed by atoms with Gasteiger partial charge in [-0.3, -0.25) is 0 Å². The number of nitrogens with zero attached hydrogens (tertiary/aromatic N) is 3. The van der Waals surface area contributed by atoms with E-state index in [1.165, 1.54) is 11.8 Å². The second kappa shape index (κ2) is 4.12. The molecular formula is C10H10N4O3. The van der Waals surface area contributed by atoms with Crippen molar-refractivity contribution >= 4 is 11.8 Å². The van der Waals surface area contributed by atoms with Crippen molar-refractivity contribution in [2.45, 2.75) is 0 Å². The summed E-state index contributed by atoms with van der Waals surface area (Å²) < 4.78 is 6.36. The van der Waals surface area contributed by atoms with Crippen LogP contribution in [0.25, 0.3) is 5.69 Å². The first-order valence-electron chi connectivity index (χ1n) is 4.73. The number of hydrogen-bond acceptors (Lipinski definition) is 5. The zero-order valence-electron chi connectivity index (χ0n) is 8.99. The van der Waals surface area contributed by atoms with E-state index in [4.69, 9.17) is 15.6 Å². The van der Waals surface area contributed by atoms with Crippen LogP contribution >= 0.6 is 0 Å². The summed E-state index contributed by atoms with van der Waals surface area (Å²) in [6.07, 6.45) is 0. The van der Waals surface area contributed by atoms with E-state index in [1.807, 2.05) is 0 Å². The number of carboxylic acid groups (broad SMARTS) is 1. The number of methoxy groups -OCH3 is 1. The average Bonchev–Trinajstić information content (AvgIpc) is 2.71. The maximum Gasteiger partial charge on any atom is 0.360 e. The summed E-state index contributed by atoms with van der Waals surface area (Å²) in [7, 11) is 1.50. The number of aromatic carboxylic acids is 1. The molecular weight excluding hydrogens is 224 g/mol. The van der Waals surface area contributed by atoms with Crippen molar-refractivity contribution in [2.75, 3.05) is 12.8 Å². The largest absolute Gasteiger partial charge is 0.494 e. The lowest BCUT2D eigenvalue weighted by Crippen LogP contribution is -2.06. The molecule has 0 aliphatic carbocycles. The van der Waals surface area contributed by atoms with Crippen LogP contribution in [0.2, 0.25) is 0 Å². The molecule has 7 heteroatoms. The van der Waals surface area contributed by atoms with Gasteiger partial charge < -0.3 is 15.6 Å². The molecule has 0 bridgehead atoms. The number of rotatable bonds is 3.